The highest BCUT2D eigenvalue weighted by molar-refractivity contribution is 5.86. The molecule has 3 saturated carbocycles. The van der Waals surface area contributed by atoms with Gasteiger partial charge in [-0.25, -0.2) is 0 Å². The number of rotatable bonds is 6. The molecule has 5 heteroatoms. The van der Waals surface area contributed by atoms with Gasteiger partial charge in [0.1, 0.15) is 11.4 Å². The van der Waals surface area contributed by atoms with E-state index in [-0.39, 0.29) is 16.6 Å². The van der Waals surface area contributed by atoms with E-state index in [1.807, 2.05) is 24.3 Å². The lowest BCUT2D eigenvalue weighted by molar-refractivity contribution is -0.232. The van der Waals surface area contributed by atoms with Gasteiger partial charge in [-0.15, -0.1) is 0 Å². The first-order valence-electron chi connectivity index (χ1n) is 13.4. The SMILES string of the molecule is COc1ccc(COC2(O)CCC3(C)C(=CCC4C3CCC3(C)C4CCC3(OC)C(C)=O)C2)cc1. The molecule has 0 radical (unpaired) electrons. The maximum Gasteiger partial charge on any atom is 0.169 e. The summed E-state index contributed by atoms with van der Waals surface area (Å²) in [4.78, 5) is 12.8. The number of ketones is 1. The van der Waals surface area contributed by atoms with Gasteiger partial charge in [-0.1, -0.05) is 37.6 Å². The van der Waals surface area contributed by atoms with Gasteiger partial charge < -0.3 is 19.3 Å². The monoisotopic (exact) mass is 482 g/mol. The molecule has 0 bridgehead atoms. The van der Waals surface area contributed by atoms with Crippen LogP contribution in [-0.4, -0.2) is 36.5 Å². The maximum absolute atomic E-state index is 12.8. The Morgan fingerprint density at radius 2 is 1.74 bits per heavy atom. The van der Waals surface area contributed by atoms with E-state index in [2.05, 4.69) is 19.9 Å². The summed E-state index contributed by atoms with van der Waals surface area (Å²) in [5.41, 5.74) is 1.77. The molecule has 5 nitrogen and oxygen atoms in total. The van der Waals surface area contributed by atoms with E-state index >= 15 is 0 Å². The summed E-state index contributed by atoms with van der Waals surface area (Å²) in [6, 6.07) is 7.83. The second-order valence-electron chi connectivity index (χ2n) is 12.1. The molecule has 1 N–H and O–H groups in total. The zero-order valence-electron chi connectivity index (χ0n) is 22.1. The third kappa shape index (κ3) is 3.72. The summed E-state index contributed by atoms with van der Waals surface area (Å²) in [5, 5.41) is 11.4. The highest BCUT2D eigenvalue weighted by atomic mass is 16.6. The molecule has 0 aliphatic heterocycles. The van der Waals surface area contributed by atoms with E-state index in [1.54, 1.807) is 21.1 Å². The molecule has 0 saturated heterocycles. The van der Waals surface area contributed by atoms with Gasteiger partial charge >= 0.3 is 0 Å². The fraction of sp³-hybridized carbons (Fsp3) is 0.700. The van der Waals surface area contributed by atoms with Crippen molar-refractivity contribution in [1.29, 1.82) is 0 Å². The van der Waals surface area contributed by atoms with Crippen molar-refractivity contribution in [3.05, 3.63) is 41.5 Å². The van der Waals surface area contributed by atoms with Crippen molar-refractivity contribution in [2.45, 2.75) is 90.1 Å². The predicted molar refractivity (Wildman–Crippen MR) is 135 cm³/mol. The molecule has 0 heterocycles. The van der Waals surface area contributed by atoms with E-state index < -0.39 is 11.4 Å². The molecule has 5 rings (SSSR count). The highest BCUT2D eigenvalue weighted by Crippen LogP contribution is 2.68. The van der Waals surface area contributed by atoms with Crippen LogP contribution in [0.25, 0.3) is 0 Å². The Morgan fingerprint density at radius 1 is 1.03 bits per heavy atom. The number of fused-ring (bicyclic) bond motifs is 5. The van der Waals surface area contributed by atoms with Gasteiger partial charge in [0.05, 0.1) is 13.7 Å². The molecule has 0 amide bonds. The van der Waals surface area contributed by atoms with Crippen molar-refractivity contribution in [3.63, 3.8) is 0 Å². The smallest absolute Gasteiger partial charge is 0.169 e. The minimum Gasteiger partial charge on any atom is -0.497 e. The minimum atomic E-state index is -1.12. The van der Waals surface area contributed by atoms with Gasteiger partial charge in [0.2, 0.25) is 0 Å². The summed E-state index contributed by atoms with van der Waals surface area (Å²) < 4.78 is 17.4. The van der Waals surface area contributed by atoms with Crippen LogP contribution in [0.4, 0.5) is 0 Å². The van der Waals surface area contributed by atoms with Gasteiger partial charge in [0.25, 0.3) is 0 Å². The Hall–Kier alpha value is -1.69. The average Bonchev–Trinajstić information content (AvgIpc) is 3.17. The van der Waals surface area contributed by atoms with E-state index in [0.717, 1.165) is 49.8 Å². The van der Waals surface area contributed by atoms with Crippen LogP contribution in [-0.2, 0) is 20.9 Å². The maximum atomic E-state index is 12.8. The van der Waals surface area contributed by atoms with Crippen LogP contribution in [0.15, 0.2) is 35.9 Å². The van der Waals surface area contributed by atoms with E-state index in [4.69, 9.17) is 14.2 Å². The lowest BCUT2D eigenvalue weighted by Crippen LogP contribution is -2.58. The summed E-state index contributed by atoms with van der Waals surface area (Å²) in [6.45, 7) is 6.85. The van der Waals surface area contributed by atoms with E-state index in [9.17, 15) is 9.90 Å². The number of benzene rings is 1. The third-order valence-corrected chi connectivity index (χ3v) is 10.8. The molecule has 7 unspecified atom stereocenters. The standard InChI is InChI=1S/C30H42O5/c1-20(31)30(34-5)15-13-26-24-11-8-22-18-29(32,35-19-21-6-9-23(33-4)10-7-21)17-16-27(22,2)25(24)12-14-28(26,30)3/h6-10,24-26,32H,11-19H2,1-5H3. The largest absolute Gasteiger partial charge is 0.497 e. The Bertz CT molecular complexity index is 1000. The number of hydrogen-bond acceptors (Lipinski definition) is 5. The molecule has 4 aliphatic carbocycles. The summed E-state index contributed by atoms with van der Waals surface area (Å²) in [5.74, 6) is 1.57. The topological polar surface area (TPSA) is 65.0 Å². The first kappa shape index (κ1) is 25.0. The predicted octanol–water partition coefficient (Wildman–Crippen LogP) is 5.84. The van der Waals surface area contributed by atoms with Crippen molar-refractivity contribution in [1.82, 2.24) is 0 Å². The Labute approximate surface area is 210 Å². The van der Waals surface area contributed by atoms with Gasteiger partial charge in [0.15, 0.2) is 11.6 Å². The van der Waals surface area contributed by atoms with Crippen LogP contribution < -0.4 is 4.74 Å². The fourth-order valence-electron chi connectivity index (χ4n) is 8.74. The van der Waals surface area contributed by atoms with Crippen LogP contribution in [0.1, 0.15) is 77.7 Å². The first-order valence-corrected chi connectivity index (χ1v) is 13.4. The Balaban J connectivity index is 1.33. The molecular weight excluding hydrogens is 440 g/mol. The Kier molecular flexibility index (Phi) is 6.22. The number of methoxy groups -OCH3 is 2. The summed E-state index contributed by atoms with van der Waals surface area (Å²) in [7, 11) is 3.39. The third-order valence-electron chi connectivity index (χ3n) is 10.8. The molecule has 0 spiro atoms. The highest BCUT2D eigenvalue weighted by Gasteiger charge is 2.66. The van der Waals surface area contributed by atoms with Crippen LogP contribution in [0.5, 0.6) is 5.75 Å². The molecule has 192 valence electrons. The van der Waals surface area contributed by atoms with Gasteiger partial charge in [-0.3, -0.25) is 4.79 Å². The molecule has 0 aromatic heterocycles. The van der Waals surface area contributed by atoms with Gasteiger partial charge in [-0.05, 0) is 86.3 Å². The average molecular weight is 483 g/mol. The molecule has 1 aromatic carbocycles. The number of ether oxygens (including phenoxy) is 3. The van der Waals surface area contributed by atoms with Crippen molar-refractivity contribution >= 4 is 5.78 Å². The zero-order chi connectivity index (χ0) is 25.1. The van der Waals surface area contributed by atoms with Crippen molar-refractivity contribution in [3.8, 4) is 5.75 Å². The lowest BCUT2D eigenvalue weighted by Gasteiger charge is -2.59. The summed E-state index contributed by atoms with van der Waals surface area (Å²) >= 11 is 0. The fourth-order valence-corrected chi connectivity index (χ4v) is 8.74. The van der Waals surface area contributed by atoms with Crippen molar-refractivity contribution in [2.75, 3.05) is 14.2 Å². The molecule has 7 atom stereocenters. The van der Waals surface area contributed by atoms with Crippen LogP contribution >= 0.6 is 0 Å². The Morgan fingerprint density at radius 3 is 2.40 bits per heavy atom. The van der Waals surface area contributed by atoms with Crippen LogP contribution in [0, 0.1) is 28.6 Å². The number of Topliss-reactive ketones (excluding diaryl/α,β-unsaturated/α-hetero) is 1. The zero-order valence-corrected chi connectivity index (χ0v) is 22.1. The van der Waals surface area contributed by atoms with Gasteiger partial charge in [-0.2, -0.15) is 0 Å². The second-order valence-corrected chi connectivity index (χ2v) is 12.1. The normalized spacial score (nSPS) is 42.5. The van der Waals surface area contributed by atoms with Crippen molar-refractivity contribution in [2.24, 2.45) is 28.6 Å². The quantitative estimate of drug-likeness (QED) is 0.408. The molecule has 1 aromatic rings. The summed E-state index contributed by atoms with van der Waals surface area (Å²) in [6.07, 6.45) is 9.68. The minimum absolute atomic E-state index is 0.0899. The number of hydrogen-bond donors (Lipinski definition) is 1. The van der Waals surface area contributed by atoms with Crippen LogP contribution in [0.2, 0.25) is 0 Å². The number of carbonyl (C=O) groups is 1. The number of aliphatic hydroxyl groups is 1. The lowest BCUT2D eigenvalue weighted by atomic mass is 9.46. The molecule has 35 heavy (non-hydrogen) atoms. The number of allylic oxidation sites excluding steroid dienone is 1. The molecular formula is C30H42O5. The second kappa shape index (κ2) is 8.71. The number of carbonyl (C=O) groups excluding carboxylic acids is 1. The van der Waals surface area contributed by atoms with Crippen LogP contribution in [0.3, 0.4) is 0 Å². The van der Waals surface area contributed by atoms with Crippen molar-refractivity contribution < 1.29 is 24.1 Å². The van der Waals surface area contributed by atoms with Gasteiger partial charge in [0, 0.05) is 25.4 Å². The molecule has 3 fully saturated rings. The van der Waals surface area contributed by atoms with E-state index in [0.29, 0.717) is 37.2 Å². The first-order chi connectivity index (χ1) is 16.6. The molecule has 4 aliphatic rings. The van der Waals surface area contributed by atoms with E-state index in [1.165, 1.54) is 5.57 Å².